The van der Waals surface area contributed by atoms with Gasteiger partial charge < -0.3 is 14.2 Å². The first-order valence-electron chi connectivity index (χ1n) is 7.19. The number of fused-ring (bicyclic) bond motifs is 1. The molecule has 118 valence electrons. The van der Waals surface area contributed by atoms with E-state index in [1.54, 1.807) is 19.1 Å². The predicted molar refractivity (Wildman–Crippen MR) is 86.4 cm³/mol. The standard InChI is InChI=1S/C18H22O4/c1-7-10-21-15-11(2)12(3)16-14(13(15)4)8-9-18(5,22-16)17(19)20-6/h7-9H,1,10H2,2-6H3. The van der Waals surface area contributed by atoms with Crippen LogP contribution in [0.4, 0.5) is 0 Å². The third-order valence-electron chi connectivity index (χ3n) is 4.05. The van der Waals surface area contributed by atoms with E-state index in [4.69, 9.17) is 14.2 Å². The number of carbonyl (C=O) groups excluding carboxylic acids is 1. The average molecular weight is 302 g/mol. The van der Waals surface area contributed by atoms with Gasteiger partial charge in [-0.2, -0.15) is 0 Å². The minimum Gasteiger partial charge on any atom is -0.489 e. The highest BCUT2D eigenvalue weighted by Crippen LogP contribution is 2.42. The lowest BCUT2D eigenvalue weighted by molar-refractivity contribution is -0.153. The van der Waals surface area contributed by atoms with Crippen LogP contribution in [0.3, 0.4) is 0 Å². The van der Waals surface area contributed by atoms with Crippen LogP contribution in [0.15, 0.2) is 18.7 Å². The molecule has 22 heavy (non-hydrogen) atoms. The second-order valence-electron chi connectivity index (χ2n) is 5.58. The lowest BCUT2D eigenvalue weighted by Gasteiger charge is -2.32. The molecule has 1 unspecified atom stereocenters. The van der Waals surface area contributed by atoms with Gasteiger partial charge in [-0.3, -0.25) is 0 Å². The van der Waals surface area contributed by atoms with Crippen LogP contribution in [0.1, 0.15) is 29.2 Å². The van der Waals surface area contributed by atoms with Crippen LogP contribution in [0.5, 0.6) is 11.5 Å². The molecule has 0 spiro atoms. The summed E-state index contributed by atoms with van der Waals surface area (Å²) in [7, 11) is 1.36. The van der Waals surface area contributed by atoms with Crippen molar-refractivity contribution in [1.29, 1.82) is 0 Å². The molecule has 1 aromatic carbocycles. The van der Waals surface area contributed by atoms with Crippen molar-refractivity contribution in [1.82, 2.24) is 0 Å². The smallest absolute Gasteiger partial charge is 0.354 e. The highest BCUT2D eigenvalue weighted by Gasteiger charge is 2.38. The fourth-order valence-corrected chi connectivity index (χ4v) is 2.61. The molecule has 1 aromatic rings. The van der Waals surface area contributed by atoms with Crippen LogP contribution < -0.4 is 9.47 Å². The van der Waals surface area contributed by atoms with Gasteiger partial charge in [-0.05, 0) is 44.9 Å². The van der Waals surface area contributed by atoms with E-state index >= 15 is 0 Å². The summed E-state index contributed by atoms with van der Waals surface area (Å²) in [5.74, 6) is 1.12. The van der Waals surface area contributed by atoms with Gasteiger partial charge >= 0.3 is 5.97 Å². The Hall–Kier alpha value is -2.23. The fourth-order valence-electron chi connectivity index (χ4n) is 2.61. The number of hydrogen-bond acceptors (Lipinski definition) is 4. The third-order valence-corrected chi connectivity index (χ3v) is 4.05. The molecule has 0 aromatic heterocycles. The Balaban J connectivity index is 2.56. The van der Waals surface area contributed by atoms with Gasteiger partial charge in [-0.25, -0.2) is 4.79 Å². The maximum Gasteiger partial charge on any atom is 0.354 e. The first-order chi connectivity index (χ1) is 10.4. The SMILES string of the molecule is C=CCOc1c(C)c(C)c2c(c1C)C=CC(C)(C(=O)OC)O2. The van der Waals surface area contributed by atoms with Gasteiger partial charge in [0.2, 0.25) is 5.60 Å². The van der Waals surface area contributed by atoms with Crippen molar-refractivity contribution in [3.8, 4) is 11.5 Å². The summed E-state index contributed by atoms with van der Waals surface area (Å²) in [4.78, 5) is 12.0. The Morgan fingerprint density at radius 3 is 2.59 bits per heavy atom. The van der Waals surface area contributed by atoms with E-state index in [-0.39, 0.29) is 0 Å². The molecule has 0 bridgehead atoms. The van der Waals surface area contributed by atoms with E-state index in [0.29, 0.717) is 12.4 Å². The second kappa shape index (κ2) is 5.87. The van der Waals surface area contributed by atoms with Crippen molar-refractivity contribution >= 4 is 12.0 Å². The van der Waals surface area contributed by atoms with Crippen LogP contribution in [0, 0.1) is 20.8 Å². The Morgan fingerprint density at radius 2 is 2.00 bits per heavy atom. The maximum atomic E-state index is 12.0. The largest absolute Gasteiger partial charge is 0.489 e. The fraction of sp³-hybridized carbons (Fsp3) is 0.389. The van der Waals surface area contributed by atoms with Gasteiger partial charge in [0, 0.05) is 11.1 Å². The number of ether oxygens (including phenoxy) is 3. The first-order valence-corrected chi connectivity index (χ1v) is 7.19. The minimum atomic E-state index is -1.10. The summed E-state index contributed by atoms with van der Waals surface area (Å²) < 4.78 is 16.6. The maximum absolute atomic E-state index is 12.0. The van der Waals surface area contributed by atoms with Crippen molar-refractivity contribution in [3.05, 3.63) is 41.0 Å². The van der Waals surface area contributed by atoms with Gasteiger partial charge in [0.1, 0.15) is 18.1 Å². The van der Waals surface area contributed by atoms with E-state index in [0.717, 1.165) is 28.0 Å². The molecular formula is C18H22O4. The third kappa shape index (κ3) is 2.49. The zero-order valence-corrected chi connectivity index (χ0v) is 13.8. The Labute approximate surface area is 131 Å². The predicted octanol–water partition coefficient (Wildman–Crippen LogP) is 3.51. The van der Waals surface area contributed by atoms with Crippen molar-refractivity contribution < 1.29 is 19.0 Å². The molecule has 0 radical (unpaired) electrons. The monoisotopic (exact) mass is 302 g/mol. The highest BCUT2D eigenvalue weighted by atomic mass is 16.6. The molecule has 4 nitrogen and oxygen atoms in total. The molecule has 0 aliphatic carbocycles. The second-order valence-corrected chi connectivity index (χ2v) is 5.58. The molecule has 1 aliphatic heterocycles. The van der Waals surface area contributed by atoms with Crippen molar-refractivity contribution in [2.75, 3.05) is 13.7 Å². The molecule has 1 heterocycles. The van der Waals surface area contributed by atoms with Gasteiger partial charge in [-0.15, -0.1) is 0 Å². The van der Waals surface area contributed by atoms with E-state index < -0.39 is 11.6 Å². The molecule has 2 rings (SSSR count). The van der Waals surface area contributed by atoms with Crippen molar-refractivity contribution in [2.24, 2.45) is 0 Å². The average Bonchev–Trinajstić information content (AvgIpc) is 2.51. The minimum absolute atomic E-state index is 0.420. The molecular weight excluding hydrogens is 280 g/mol. The van der Waals surface area contributed by atoms with E-state index in [1.165, 1.54) is 7.11 Å². The lowest BCUT2D eigenvalue weighted by atomic mass is 9.92. The topological polar surface area (TPSA) is 44.8 Å². The van der Waals surface area contributed by atoms with Crippen LogP contribution in [0.2, 0.25) is 0 Å². The van der Waals surface area contributed by atoms with E-state index in [9.17, 15) is 4.79 Å². The van der Waals surface area contributed by atoms with Crippen LogP contribution >= 0.6 is 0 Å². The Kier molecular flexibility index (Phi) is 4.31. The molecule has 4 heteroatoms. The molecule has 1 aliphatic rings. The van der Waals surface area contributed by atoms with Crippen LogP contribution in [-0.2, 0) is 9.53 Å². The first kappa shape index (κ1) is 16.1. The summed E-state index contributed by atoms with van der Waals surface area (Å²) in [6, 6.07) is 0. The van der Waals surface area contributed by atoms with Crippen molar-refractivity contribution in [3.63, 3.8) is 0 Å². The number of carbonyl (C=O) groups is 1. The molecule has 1 atom stereocenters. The van der Waals surface area contributed by atoms with Crippen molar-refractivity contribution in [2.45, 2.75) is 33.3 Å². The zero-order valence-electron chi connectivity index (χ0n) is 13.8. The van der Waals surface area contributed by atoms with Crippen LogP contribution in [-0.4, -0.2) is 25.3 Å². The van der Waals surface area contributed by atoms with Gasteiger partial charge in [-0.1, -0.05) is 18.7 Å². The van der Waals surface area contributed by atoms with Gasteiger partial charge in [0.15, 0.2) is 0 Å². The summed E-state index contributed by atoms with van der Waals surface area (Å²) in [6.45, 7) is 11.8. The van der Waals surface area contributed by atoms with Crippen LogP contribution in [0.25, 0.3) is 6.08 Å². The van der Waals surface area contributed by atoms with Gasteiger partial charge in [0.05, 0.1) is 7.11 Å². The number of hydrogen-bond donors (Lipinski definition) is 0. The van der Waals surface area contributed by atoms with Gasteiger partial charge in [0.25, 0.3) is 0 Å². The summed E-state index contributed by atoms with van der Waals surface area (Å²) in [5.41, 5.74) is 2.78. The normalized spacial score (nSPS) is 19.1. The zero-order chi connectivity index (χ0) is 16.5. The molecule has 0 saturated heterocycles. The molecule has 0 fully saturated rings. The molecule has 0 amide bonds. The number of esters is 1. The number of methoxy groups -OCH3 is 1. The molecule has 0 N–H and O–H groups in total. The summed E-state index contributed by atoms with van der Waals surface area (Å²) >= 11 is 0. The number of benzene rings is 1. The van der Waals surface area contributed by atoms with E-state index in [2.05, 4.69) is 6.58 Å². The summed E-state index contributed by atoms with van der Waals surface area (Å²) in [5, 5.41) is 0. The highest BCUT2D eigenvalue weighted by molar-refractivity contribution is 5.86. The van der Waals surface area contributed by atoms with E-state index in [1.807, 2.05) is 26.8 Å². The quantitative estimate of drug-likeness (QED) is 0.630. The Morgan fingerprint density at radius 1 is 1.32 bits per heavy atom. The Bertz CT molecular complexity index is 658. The summed E-state index contributed by atoms with van der Waals surface area (Å²) in [6.07, 6.45) is 5.34. The number of rotatable bonds is 4. The lowest BCUT2D eigenvalue weighted by Crippen LogP contribution is -2.42. The molecule has 0 saturated carbocycles.